The molecule has 0 aliphatic rings. The topological polar surface area (TPSA) is 58.2 Å². The van der Waals surface area contributed by atoms with E-state index in [1.54, 1.807) is 38.1 Å². The Labute approximate surface area is 117 Å². The van der Waals surface area contributed by atoms with Crippen molar-refractivity contribution in [1.29, 1.82) is 0 Å². The molecule has 0 heterocycles. The summed E-state index contributed by atoms with van der Waals surface area (Å²) in [5, 5.41) is 3.10. The number of rotatable bonds is 6. The summed E-state index contributed by atoms with van der Waals surface area (Å²) in [6, 6.07) is 6.48. The van der Waals surface area contributed by atoms with Crippen LogP contribution in [0.25, 0.3) is 0 Å². The Hall–Kier alpha value is -0.850. The molecular formula is C12H17BrN2O2S. The van der Waals surface area contributed by atoms with Crippen molar-refractivity contribution < 1.29 is 8.42 Å². The summed E-state index contributed by atoms with van der Waals surface area (Å²) in [6.45, 7) is 7.88. The summed E-state index contributed by atoms with van der Waals surface area (Å²) >= 11 is 3.24. The molecule has 0 aliphatic heterocycles. The van der Waals surface area contributed by atoms with Crippen LogP contribution in [0.2, 0.25) is 0 Å². The first-order valence-electron chi connectivity index (χ1n) is 5.51. The van der Waals surface area contributed by atoms with E-state index < -0.39 is 10.0 Å². The quantitative estimate of drug-likeness (QED) is 0.842. The van der Waals surface area contributed by atoms with Crippen LogP contribution in [-0.4, -0.2) is 21.0 Å². The van der Waals surface area contributed by atoms with Crippen LogP contribution in [0.5, 0.6) is 0 Å². The summed E-state index contributed by atoms with van der Waals surface area (Å²) in [4.78, 5) is 0.263. The first kappa shape index (κ1) is 15.2. The molecule has 0 saturated heterocycles. The molecule has 0 fully saturated rings. The third-order valence-electron chi connectivity index (χ3n) is 2.04. The molecule has 18 heavy (non-hydrogen) atoms. The molecule has 1 aromatic rings. The monoisotopic (exact) mass is 332 g/mol. The lowest BCUT2D eigenvalue weighted by Gasteiger charge is -2.10. The standard InChI is InChI=1S/C12H17BrN2O2S/c1-9(2)15-18(16,17)12-6-4-11(5-7-12)14-8-10(3)13/h4-7,9,14-15H,3,8H2,1-2H3. The minimum atomic E-state index is -3.41. The predicted molar refractivity (Wildman–Crippen MR) is 78.5 cm³/mol. The van der Waals surface area contributed by atoms with Crippen LogP contribution >= 0.6 is 15.9 Å². The van der Waals surface area contributed by atoms with Crippen molar-refractivity contribution in [3.63, 3.8) is 0 Å². The van der Waals surface area contributed by atoms with Crippen molar-refractivity contribution in [2.45, 2.75) is 24.8 Å². The molecule has 100 valence electrons. The van der Waals surface area contributed by atoms with E-state index in [1.165, 1.54) is 0 Å². The van der Waals surface area contributed by atoms with Gasteiger partial charge < -0.3 is 5.32 Å². The van der Waals surface area contributed by atoms with Gasteiger partial charge in [-0.25, -0.2) is 13.1 Å². The Morgan fingerprint density at radius 1 is 1.33 bits per heavy atom. The van der Waals surface area contributed by atoms with E-state index in [4.69, 9.17) is 0 Å². The van der Waals surface area contributed by atoms with Crippen LogP contribution < -0.4 is 10.0 Å². The third kappa shape index (κ3) is 4.80. The van der Waals surface area contributed by atoms with Crippen molar-refractivity contribution in [3.05, 3.63) is 35.3 Å². The number of hydrogen-bond acceptors (Lipinski definition) is 3. The molecule has 1 aromatic carbocycles. The molecule has 0 aliphatic carbocycles. The van der Waals surface area contributed by atoms with E-state index in [2.05, 4.69) is 32.5 Å². The maximum Gasteiger partial charge on any atom is 0.240 e. The van der Waals surface area contributed by atoms with Crippen LogP contribution in [0.1, 0.15) is 13.8 Å². The second-order valence-corrected chi connectivity index (χ2v) is 7.01. The number of hydrogen-bond donors (Lipinski definition) is 2. The van der Waals surface area contributed by atoms with Gasteiger partial charge in [0, 0.05) is 22.8 Å². The van der Waals surface area contributed by atoms with Gasteiger partial charge in [0.15, 0.2) is 0 Å². The van der Waals surface area contributed by atoms with E-state index in [0.717, 1.165) is 10.2 Å². The van der Waals surface area contributed by atoms with E-state index in [0.29, 0.717) is 6.54 Å². The largest absolute Gasteiger partial charge is 0.380 e. The summed E-state index contributed by atoms with van der Waals surface area (Å²) in [5.74, 6) is 0. The number of nitrogens with one attached hydrogen (secondary N) is 2. The Kier molecular flexibility index (Phi) is 5.37. The molecule has 0 amide bonds. The number of halogens is 1. The molecule has 0 spiro atoms. The maximum atomic E-state index is 11.9. The van der Waals surface area contributed by atoms with Gasteiger partial charge in [-0.15, -0.1) is 0 Å². The molecule has 1 rings (SSSR count). The number of benzene rings is 1. The lowest BCUT2D eigenvalue weighted by molar-refractivity contribution is 0.570. The Bertz CT molecular complexity index is 509. The third-order valence-corrected chi connectivity index (χ3v) is 3.99. The van der Waals surface area contributed by atoms with Gasteiger partial charge in [-0.1, -0.05) is 22.5 Å². The van der Waals surface area contributed by atoms with Gasteiger partial charge in [0.1, 0.15) is 0 Å². The van der Waals surface area contributed by atoms with Gasteiger partial charge in [-0.3, -0.25) is 0 Å². The van der Waals surface area contributed by atoms with Crippen molar-refractivity contribution in [3.8, 4) is 0 Å². The first-order chi connectivity index (χ1) is 8.31. The zero-order chi connectivity index (χ0) is 13.8. The number of anilines is 1. The van der Waals surface area contributed by atoms with Gasteiger partial charge in [0.25, 0.3) is 0 Å². The maximum absolute atomic E-state index is 11.9. The fourth-order valence-corrected chi connectivity index (χ4v) is 2.72. The zero-order valence-corrected chi connectivity index (χ0v) is 12.8. The van der Waals surface area contributed by atoms with E-state index in [1.807, 2.05) is 0 Å². The predicted octanol–water partition coefficient (Wildman–Crippen LogP) is 2.69. The van der Waals surface area contributed by atoms with Gasteiger partial charge in [0.2, 0.25) is 10.0 Å². The van der Waals surface area contributed by atoms with Crippen LogP contribution in [0.4, 0.5) is 5.69 Å². The Morgan fingerprint density at radius 2 is 1.89 bits per heavy atom. The second kappa shape index (κ2) is 6.36. The molecule has 0 unspecified atom stereocenters. The fourth-order valence-electron chi connectivity index (χ4n) is 1.33. The highest BCUT2D eigenvalue weighted by atomic mass is 79.9. The molecule has 0 bridgehead atoms. The minimum absolute atomic E-state index is 0.121. The van der Waals surface area contributed by atoms with Crippen molar-refractivity contribution in [2.24, 2.45) is 0 Å². The van der Waals surface area contributed by atoms with Crippen molar-refractivity contribution in [2.75, 3.05) is 11.9 Å². The smallest absolute Gasteiger partial charge is 0.240 e. The highest BCUT2D eigenvalue weighted by Gasteiger charge is 2.14. The summed E-state index contributed by atoms with van der Waals surface area (Å²) in [5.41, 5.74) is 0.846. The van der Waals surface area contributed by atoms with E-state index in [9.17, 15) is 8.42 Å². The van der Waals surface area contributed by atoms with Crippen LogP contribution in [0.15, 0.2) is 40.2 Å². The molecule has 2 N–H and O–H groups in total. The molecule has 6 heteroatoms. The Balaban J connectivity index is 2.79. The number of sulfonamides is 1. The molecule has 0 atom stereocenters. The molecular weight excluding hydrogens is 316 g/mol. The lowest BCUT2D eigenvalue weighted by atomic mass is 10.3. The normalized spacial score (nSPS) is 11.6. The van der Waals surface area contributed by atoms with E-state index >= 15 is 0 Å². The molecule has 0 aromatic heterocycles. The Morgan fingerprint density at radius 3 is 2.33 bits per heavy atom. The molecule has 0 saturated carbocycles. The van der Waals surface area contributed by atoms with Gasteiger partial charge in [-0.2, -0.15) is 0 Å². The van der Waals surface area contributed by atoms with Crippen LogP contribution in [0, 0.1) is 0 Å². The average Bonchev–Trinajstić information content (AvgIpc) is 2.25. The SMILES string of the molecule is C=C(Br)CNc1ccc(S(=O)(=O)NC(C)C)cc1. The first-order valence-corrected chi connectivity index (χ1v) is 7.78. The van der Waals surface area contributed by atoms with Crippen LogP contribution in [-0.2, 0) is 10.0 Å². The van der Waals surface area contributed by atoms with E-state index in [-0.39, 0.29) is 10.9 Å². The van der Waals surface area contributed by atoms with Gasteiger partial charge in [-0.05, 0) is 38.1 Å². The lowest BCUT2D eigenvalue weighted by Crippen LogP contribution is -2.30. The minimum Gasteiger partial charge on any atom is -0.380 e. The fraction of sp³-hybridized carbons (Fsp3) is 0.333. The molecule has 4 nitrogen and oxygen atoms in total. The summed E-state index contributed by atoms with van der Waals surface area (Å²) in [6.07, 6.45) is 0. The van der Waals surface area contributed by atoms with Gasteiger partial charge >= 0.3 is 0 Å². The van der Waals surface area contributed by atoms with Crippen molar-refractivity contribution >= 4 is 31.6 Å². The summed E-state index contributed by atoms with van der Waals surface area (Å²) < 4.78 is 27.1. The average molecular weight is 333 g/mol. The highest BCUT2D eigenvalue weighted by molar-refractivity contribution is 9.11. The second-order valence-electron chi connectivity index (χ2n) is 4.17. The molecule has 0 radical (unpaired) electrons. The zero-order valence-electron chi connectivity index (χ0n) is 10.4. The highest BCUT2D eigenvalue weighted by Crippen LogP contribution is 2.15. The van der Waals surface area contributed by atoms with Crippen LogP contribution in [0.3, 0.4) is 0 Å². The van der Waals surface area contributed by atoms with Gasteiger partial charge in [0.05, 0.1) is 4.90 Å². The summed E-state index contributed by atoms with van der Waals surface area (Å²) in [7, 11) is -3.41. The van der Waals surface area contributed by atoms with Crippen molar-refractivity contribution in [1.82, 2.24) is 4.72 Å².